The fourth-order valence-electron chi connectivity index (χ4n) is 2.65. The number of ketones is 1. The number of halogens is 1. The highest BCUT2D eigenvalue weighted by atomic mass is 35.5. The topological polar surface area (TPSA) is 83.4 Å². The van der Waals surface area contributed by atoms with E-state index in [0.29, 0.717) is 24.7 Å². The van der Waals surface area contributed by atoms with E-state index in [1.165, 1.54) is 6.21 Å². The van der Waals surface area contributed by atoms with Crippen molar-refractivity contribution in [2.75, 3.05) is 26.4 Å². The molecule has 2 aliphatic heterocycles. The first-order valence-electron chi connectivity index (χ1n) is 8.05. The van der Waals surface area contributed by atoms with E-state index in [1.807, 2.05) is 6.92 Å². The molecular weight excluding hydrogens is 350 g/mol. The van der Waals surface area contributed by atoms with Gasteiger partial charge >= 0.3 is 5.97 Å². The van der Waals surface area contributed by atoms with Crippen LogP contribution in [0.5, 0.6) is 11.5 Å². The summed E-state index contributed by atoms with van der Waals surface area (Å²) in [5, 5.41) is 0.0958. The lowest BCUT2D eigenvalue weighted by Crippen LogP contribution is -2.34. The second kappa shape index (κ2) is 7.41. The Morgan fingerprint density at radius 1 is 1.40 bits per heavy atom. The van der Waals surface area contributed by atoms with Crippen LogP contribution in [0.15, 0.2) is 11.1 Å². The van der Waals surface area contributed by atoms with Crippen LogP contribution < -0.4 is 9.47 Å². The van der Waals surface area contributed by atoms with Crippen LogP contribution in [0, 0.1) is 5.92 Å². The van der Waals surface area contributed by atoms with Gasteiger partial charge in [0, 0.05) is 18.9 Å². The minimum atomic E-state index is -1.10. The molecule has 0 N–H and O–H groups in total. The molecule has 2 atom stereocenters. The zero-order valence-electron chi connectivity index (χ0n) is 13.9. The van der Waals surface area contributed by atoms with E-state index in [9.17, 15) is 9.59 Å². The smallest absolute Gasteiger partial charge is 0.322 e. The molecule has 0 spiro atoms. The van der Waals surface area contributed by atoms with Crippen molar-refractivity contribution in [3.8, 4) is 11.5 Å². The highest BCUT2D eigenvalue weighted by Crippen LogP contribution is 2.47. The highest BCUT2D eigenvalue weighted by molar-refractivity contribution is 6.38. The van der Waals surface area contributed by atoms with E-state index in [2.05, 4.69) is 4.99 Å². The average Bonchev–Trinajstić information content (AvgIpc) is 2.60. The van der Waals surface area contributed by atoms with Crippen LogP contribution in [0.25, 0.3) is 0 Å². The number of nitrogens with zero attached hydrogens (tertiary/aromatic N) is 1. The average molecular weight is 368 g/mol. The predicted molar refractivity (Wildman–Crippen MR) is 90.5 cm³/mol. The first kappa shape index (κ1) is 17.7. The maximum atomic E-state index is 12.7. The first-order chi connectivity index (χ1) is 12.1. The molecule has 0 fully saturated rings. The molecule has 0 amide bonds. The largest absolute Gasteiger partial charge is 0.484 e. The van der Waals surface area contributed by atoms with Crippen molar-refractivity contribution in [1.82, 2.24) is 0 Å². The summed E-state index contributed by atoms with van der Waals surface area (Å²) >= 11 is 6.36. The molecule has 0 saturated carbocycles. The van der Waals surface area contributed by atoms with Gasteiger partial charge in [-0.15, -0.1) is 0 Å². The normalized spacial score (nSPS) is 21.0. The molecule has 0 saturated heterocycles. The summed E-state index contributed by atoms with van der Waals surface area (Å²) in [5.74, 6) is -1.53. The maximum absolute atomic E-state index is 12.7. The zero-order chi connectivity index (χ0) is 18.0. The number of fused-ring (bicyclic) bond motifs is 2. The molecule has 25 heavy (non-hydrogen) atoms. The van der Waals surface area contributed by atoms with Gasteiger partial charge in [-0.05, 0) is 13.8 Å². The van der Waals surface area contributed by atoms with Crippen LogP contribution in [0.1, 0.15) is 24.2 Å². The summed E-state index contributed by atoms with van der Waals surface area (Å²) < 4.78 is 21.7. The number of esters is 1. The Kier molecular flexibility index (Phi) is 5.24. The maximum Gasteiger partial charge on any atom is 0.322 e. The SMILES string of the molecule is CCOCC1COc2c(cc3c(c2Cl)C(=O)C(C(=O)OCC)C=N3)O1. The van der Waals surface area contributed by atoms with Crippen molar-refractivity contribution in [2.45, 2.75) is 20.0 Å². The molecule has 2 aliphatic rings. The number of ether oxygens (including phenoxy) is 4. The first-order valence-corrected chi connectivity index (χ1v) is 8.43. The Balaban J connectivity index is 1.91. The summed E-state index contributed by atoms with van der Waals surface area (Å²) in [4.78, 5) is 28.8. The molecule has 7 nitrogen and oxygen atoms in total. The quantitative estimate of drug-likeness (QED) is 0.587. The Morgan fingerprint density at radius 2 is 2.20 bits per heavy atom. The predicted octanol–water partition coefficient (Wildman–Crippen LogP) is 2.59. The van der Waals surface area contributed by atoms with Gasteiger partial charge < -0.3 is 18.9 Å². The van der Waals surface area contributed by atoms with Gasteiger partial charge in [0.2, 0.25) is 0 Å². The monoisotopic (exact) mass is 367 g/mol. The third-order valence-corrected chi connectivity index (χ3v) is 4.17. The zero-order valence-corrected chi connectivity index (χ0v) is 14.7. The van der Waals surface area contributed by atoms with Crippen molar-refractivity contribution in [1.29, 1.82) is 0 Å². The van der Waals surface area contributed by atoms with Gasteiger partial charge in [-0.2, -0.15) is 0 Å². The summed E-state index contributed by atoms with van der Waals surface area (Å²) in [7, 11) is 0. The second-order valence-corrected chi connectivity index (χ2v) is 5.87. The Hall–Kier alpha value is -2.12. The van der Waals surface area contributed by atoms with Gasteiger partial charge in [-0.25, -0.2) is 0 Å². The van der Waals surface area contributed by atoms with Crippen LogP contribution >= 0.6 is 11.6 Å². The second-order valence-electron chi connectivity index (χ2n) is 5.49. The lowest BCUT2D eigenvalue weighted by molar-refractivity contribution is -0.144. The molecule has 1 aromatic rings. The highest BCUT2D eigenvalue weighted by Gasteiger charge is 2.37. The molecule has 1 aromatic carbocycles. The Morgan fingerprint density at radius 3 is 2.92 bits per heavy atom. The summed E-state index contributed by atoms with van der Waals surface area (Å²) in [6.45, 7) is 4.96. The van der Waals surface area contributed by atoms with E-state index in [0.717, 1.165) is 0 Å². The van der Waals surface area contributed by atoms with Crippen molar-refractivity contribution in [3.05, 3.63) is 16.7 Å². The molecule has 3 rings (SSSR count). The van der Waals surface area contributed by atoms with E-state index >= 15 is 0 Å². The molecule has 2 unspecified atom stereocenters. The van der Waals surface area contributed by atoms with Crippen LogP contribution in [-0.4, -0.2) is 50.5 Å². The number of aliphatic imine (C=N–C) groups is 1. The van der Waals surface area contributed by atoms with Crippen LogP contribution in [0.3, 0.4) is 0 Å². The summed E-state index contributed by atoms with van der Waals surface area (Å²) in [6.07, 6.45) is 1.00. The lowest BCUT2D eigenvalue weighted by Gasteiger charge is -2.29. The molecule has 134 valence electrons. The van der Waals surface area contributed by atoms with Gasteiger partial charge in [0.05, 0.1) is 29.5 Å². The molecular formula is C17H18ClNO6. The van der Waals surface area contributed by atoms with Crippen LogP contribution in [0.4, 0.5) is 5.69 Å². The van der Waals surface area contributed by atoms with Gasteiger partial charge in [0.25, 0.3) is 0 Å². The third-order valence-electron chi connectivity index (χ3n) is 3.81. The summed E-state index contributed by atoms with van der Waals surface area (Å²) in [5.41, 5.74) is 0.489. The number of carbonyl (C=O) groups excluding carboxylic acids is 2. The molecule has 0 bridgehead atoms. The lowest BCUT2D eigenvalue weighted by atomic mass is 9.94. The number of hydrogen-bond acceptors (Lipinski definition) is 7. The van der Waals surface area contributed by atoms with Crippen molar-refractivity contribution >= 4 is 35.3 Å². The number of hydrogen-bond donors (Lipinski definition) is 0. The minimum Gasteiger partial charge on any atom is -0.484 e. The Bertz CT molecular complexity index is 732. The summed E-state index contributed by atoms with van der Waals surface area (Å²) in [6, 6.07) is 1.59. The van der Waals surface area contributed by atoms with E-state index in [-0.39, 0.29) is 35.7 Å². The minimum absolute atomic E-state index is 0.0958. The molecule has 0 aromatic heterocycles. The Labute approximate surface area is 149 Å². The van der Waals surface area contributed by atoms with Crippen LogP contribution in [-0.2, 0) is 14.3 Å². The molecule has 8 heteroatoms. The van der Waals surface area contributed by atoms with Gasteiger partial charge in [0.1, 0.15) is 6.61 Å². The van der Waals surface area contributed by atoms with Crippen LogP contribution in [0.2, 0.25) is 5.02 Å². The molecule has 2 heterocycles. The molecule has 0 aliphatic carbocycles. The number of carbonyl (C=O) groups is 2. The third kappa shape index (κ3) is 3.34. The fourth-order valence-corrected chi connectivity index (χ4v) is 2.99. The molecule has 0 radical (unpaired) electrons. The van der Waals surface area contributed by atoms with Gasteiger partial charge in [-0.3, -0.25) is 14.6 Å². The number of Topliss-reactive ketones (excluding diaryl/α,β-unsaturated/α-hetero) is 1. The van der Waals surface area contributed by atoms with Crippen molar-refractivity contribution < 1.29 is 28.5 Å². The number of rotatable bonds is 5. The number of benzene rings is 1. The van der Waals surface area contributed by atoms with Gasteiger partial charge in [-0.1, -0.05) is 11.6 Å². The fraction of sp³-hybridized carbons (Fsp3) is 0.471. The van der Waals surface area contributed by atoms with Crippen molar-refractivity contribution in [3.63, 3.8) is 0 Å². The van der Waals surface area contributed by atoms with E-state index < -0.39 is 17.7 Å². The van der Waals surface area contributed by atoms with Crippen molar-refractivity contribution in [2.24, 2.45) is 10.9 Å². The standard InChI is InChI=1S/C17H18ClNO6/c1-3-22-7-9-8-24-16-12(25-9)5-11-13(14(16)18)15(20)10(6-19-11)17(21)23-4-2/h5-6,9-10H,3-4,7-8H2,1-2H3. The van der Waals surface area contributed by atoms with Gasteiger partial charge in [0.15, 0.2) is 29.3 Å². The van der Waals surface area contributed by atoms with E-state index in [1.54, 1.807) is 13.0 Å². The van der Waals surface area contributed by atoms with E-state index in [4.69, 9.17) is 30.5 Å².